The van der Waals surface area contributed by atoms with Gasteiger partial charge in [0.2, 0.25) is 0 Å². The van der Waals surface area contributed by atoms with Gasteiger partial charge in [0.15, 0.2) is 0 Å². The highest BCUT2D eigenvalue weighted by Crippen LogP contribution is 2.45. The lowest BCUT2D eigenvalue weighted by Gasteiger charge is -2.12. The summed E-state index contributed by atoms with van der Waals surface area (Å²) in [5.74, 6) is -0.454. The molecule has 1 N–H and O–H groups in total. The Kier molecular flexibility index (Phi) is 2.73. The largest absolute Gasteiger partial charge is 0.493 e. The fourth-order valence-electron chi connectivity index (χ4n) is 2.07. The number of halogens is 1. The van der Waals surface area contributed by atoms with E-state index in [9.17, 15) is 9.18 Å². The summed E-state index contributed by atoms with van der Waals surface area (Å²) in [6, 6.07) is 2.68. The molecule has 2 aliphatic rings. The van der Waals surface area contributed by atoms with Gasteiger partial charge < -0.3 is 9.84 Å². The standard InChI is InChI=1S/C14H15FO3/c15-12-6-13(18-7-8-1-2-8)10(9-3-4-9)5-11(12)14(16)17/h5-6,8-9H,1-4,7H2,(H,16,17). The molecule has 1 aromatic rings. The second kappa shape index (κ2) is 4.26. The number of rotatable bonds is 5. The van der Waals surface area contributed by atoms with Crippen LogP contribution in [-0.2, 0) is 0 Å². The molecule has 0 heterocycles. The zero-order valence-electron chi connectivity index (χ0n) is 9.99. The van der Waals surface area contributed by atoms with Crippen molar-refractivity contribution in [1.82, 2.24) is 0 Å². The van der Waals surface area contributed by atoms with Gasteiger partial charge >= 0.3 is 5.97 Å². The average molecular weight is 250 g/mol. The Morgan fingerprint density at radius 3 is 2.61 bits per heavy atom. The van der Waals surface area contributed by atoms with E-state index in [4.69, 9.17) is 9.84 Å². The summed E-state index contributed by atoms with van der Waals surface area (Å²) in [4.78, 5) is 10.9. The zero-order chi connectivity index (χ0) is 12.7. The maximum atomic E-state index is 13.6. The minimum atomic E-state index is -1.22. The zero-order valence-corrected chi connectivity index (χ0v) is 9.99. The number of hydrogen-bond acceptors (Lipinski definition) is 2. The normalized spacial score (nSPS) is 18.7. The van der Waals surface area contributed by atoms with Gasteiger partial charge in [0.05, 0.1) is 12.2 Å². The Bertz CT molecular complexity index is 490. The maximum Gasteiger partial charge on any atom is 0.338 e. The van der Waals surface area contributed by atoms with Crippen LogP contribution in [0.3, 0.4) is 0 Å². The van der Waals surface area contributed by atoms with E-state index in [2.05, 4.69) is 0 Å². The minimum Gasteiger partial charge on any atom is -0.493 e. The van der Waals surface area contributed by atoms with Crippen molar-refractivity contribution in [2.45, 2.75) is 31.6 Å². The summed E-state index contributed by atoms with van der Waals surface area (Å²) in [6.07, 6.45) is 4.41. The molecule has 4 heteroatoms. The van der Waals surface area contributed by atoms with Crippen molar-refractivity contribution in [1.29, 1.82) is 0 Å². The third kappa shape index (κ3) is 2.33. The van der Waals surface area contributed by atoms with Gasteiger partial charge in [0.25, 0.3) is 0 Å². The molecular weight excluding hydrogens is 235 g/mol. The van der Waals surface area contributed by atoms with Crippen LogP contribution in [0.4, 0.5) is 4.39 Å². The molecular formula is C14H15FO3. The van der Waals surface area contributed by atoms with Gasteiger partial charge in [-0.3, -0.25) is 0 Å². The number of carboxylic acids is 1. The van der Waals surface area contributed by atoms with Gasteiger partial charge in [-0.2, -0.15) is 0 Å². The van der Waals surface area contributed by atoms with Crippen LogP contribution < -0.4 is 4.74 Å². The number of hydrogen-bond donors (Lipinski definition) is 1. The van der Waals surface area contributed by atoms with Crippen LogP contribution in [0.25, 0.3) is 0 Å². The van der Waals surface area contributed by atoms with Gasteiger partial charge in [0.1, 0.15) is 11.6 Å². The molecule has 1 aromatic carbocycles. The van der Waals surface area contributed by atoms with E-state index < -0.39 is 11.8 Å². The topological polar surface area (TPSA) is 46.5 Å². The van der Waals surface area contributed by atoms with Crippen molar-refractivity contribution in [3.8, 4) is 5.75 Å². The summed E-state index contributed by atoms with van der Waals surface area (Å²) in [7, 11) is 0. The third-order valence-electron chi connectivity index (χ3n) is 3.52. The van der Waals surface area contributed by atoms with Crippen molar-refractivity contribution in [3.05, 3.63) is 29.1 Å². The lowest BCUT2D eigenvalue weighted by molar-refractivity contribution is 0.0691. The first kappa shape index (κ1) is 11.5. The molecule has 0 saturated heterocycles. The summed E-state index contributed by atoms with van der Waals surface area (Å²) >= 11 is 0. The molecule has 96 valence electrons. The van der Waals surface area contributed by atoms with E-state index in [0.29, 0.717) is 24.2 Å². The Balaban J connectivity index is 1.89. The van der Waals surface area contributed by atoms with Gasteiger partial charge in [-0.25, -0.2) is 9.18 Å². The van der Waals surface area contributed by atoms with Gasteiger partial charge in [-0.05, 0) is 49.1 Å². The molecule has 2 fully saturated rings. The first-order chi connectivity index (χ1) is 8.65. The van der Waals surface area contributed by atoms with Crippen molar-refractivity contribution < 1.29 is 19.0 Å². The first-order valence-corrected chi connectivity index (χ1v) is 6.34. The number of carboxylic acid groups (broad SMARTS) is 1. The van der Waals surface area contributed by atoms with E-state index in [-0.39, 0.29) is 5.56 Å². The Morgan fingerprint density at radius 2 is 2.06 bits per heavy atom. The molecule has 2 aliphatic carbocycles. The van der Waals surface area contributed by atoms with Crippen LogP contribution in [0.5, 0.6) is 5.75 Å². The fraction of sp³-hybridized carbons (Fsp3) is 0.500. The Hall–Kier alpha value is -1.58. The highest BCUT2D eigenvalue weighted by atomic mass is 19.1. The average Bonchev–Trinajstić information content (AvgIpc) is 3.18. The molecule has 0 atom stereocenters. The van der Waals surface area contributed by atoms with Crippen LogP contribution in [0.2, 0.25) is 0 Å². The van der Waals surface area contributed by atoms with Crippen molar-refractivity contribution in [2.24, 2.45) is 5.92 Å². The van der Waals surface area contributed by atoms with Crippen LogP contribution >= 0.6 is 0 Å². The molecule has 0 bridgehead atoms. The molecule has 2 saturated carbocycles. The predicted octanol–water partition coefficient (Wildman–Crippen LogP) is 3.19. The predicted molar refractivity (Wildman–Crippen MR) is 63.6 cm³/mol. The first-order valence-electron chi connectivity index (χ1n) is 6.34. The molecule has 0 spiro atoms. The maximum absolute atomic E-state index is 13.6. The molecule has 0 aromatic heterocycles. The van der Waals surface area contributed by atoms with Crippen molar-refractivity contribution in [2.75, 3.05) is 6.61 Å². The second-order valence-electron chi connectivity index (χ2n) is 5.20. The molecule has 18 heavy (non-hydrogen) atoms. The molecule has 0 unspecified atom stereocenters. The molecule has 3 nitrogen and oxygen atoms in total. The fourth-order valence-corrected chi connectivity index (χ4v) is 2.07. The summed E-state index contributed by atoms with van der Waals surface area (Å²) in [5, 5.41) is 8.93. The smallest absolute Gasteiger partial charge is 0.338 e. The van der Waals surface area contributed by atoms with Gasteiger partial charge in [-0.15, -0.1) is 0 Å². The summed E-state index contributed by atoms with van der Waals surface area (Å²) in [5.41, 5.74) is 0.602. The van der Waals surface area contributed by atoms with Gasteiger partial charge in [0, 0.05) is 6.07 Å². The summed E-state index contributed by atoms with van der Waals surface area (Å²) in [6.45, 7) is 0.617. The third-order valence-corrected chi connectivity index (χ3v) is 3.52. The molecule has 0 radical (unpaired) electrons. The molecule has 3 rings (SSSR count). The van der Waals surface area contributed by atoms with E-state index in [0.717, 1.165) is 18.4 Å². The number of aromatic carboxylic acids is 1. The van der Waals surface area contributed by atoms with Crippen LogP contribution in [0.15, 0.2) is 12.1 Å². The number of carbonyl (C=O) groups is 1. The minimum absolute atomic E-state index is 0.254. The van der Waals surface area contributed by atoms with Crippen molar-refractivity contribution >= 4 is 5.97 Å². The van der Waals surface area contributed by atoms with E-state index in [1.807, 2.05) is 0 Å². The Morgan fingerprint density at radius 1 is 1.33 bits per heavy atom. The van der Waals surface area contributed by atoms with Crippen LogP contribution in [-0.4, -0.2) is 17.7 Å². The lowest BCUT2D eigenvalue weighted by atomic mass is 10.0. The van der Waals surface area contributed by atoms with Crippen LogP contribution in [0.1, 0.15) is 47.5 Å². The molecule has 0 amide bonds. The van der Waals surface area contributed by atoms with Crippen LogP contribution in [0, 0.1) is 11.7 Å². The highest BCUT2D eigenvalue weighted by molar-refractivity contribution is 5.88. The van der Waals surface area contributed by atoms with E-state index in [1.54, 1.807) is 0 Å². The van der Waals surface area contributed by atoms with Gasteiger partial charge in [-0.1, -0.05) is 0 Å². The summed E-state index contributed by atoms with van der Waals surface area (Å²) < 4.78 is 19.3. The van der Waals surface area contributed by atoms with Crippen molar-refractivity contribution in [3.63, 3.8) is 0 Å². The highest BCUT2D eigenvalue weighted by Gasteiger charge is 2.30. The lowest BCUT2D eigenvalue weighted by Crippen LogP contribution is -2.06. The quantitative estimate of drug-likeness (QED) is 0.873. The number of benzene rings is 1. The van der Waals surface area contributed by atoms with E-state index >= 15 is 0 Å². The van der Waals surface area contributed by atoms with E-state index in [1.165, 1.54) is 25.0 Å². The number of ether oxygens (including phenoxy) is 1. The SMILES string of the molecule is O=C(O)c1cc(C2CC2)c(OCC2CC2)cc1F. The second-order valence-corrected chi connectivity index (χ2v) is 5.20. The Labute approximate surface area is 105 Å². The molecule has 0 aliphatic heterocycles. The monoisotopic (exact) mass is 250 g/mol.